The Morgan fingerprint density at radius 2 is 2.00 bits per heavy atom. The number of nitrogens with zero attached hydrogens (tertiary/aromatic N) is 1. The molecule has 0 radical (unpaired) electrons. The normalized spacial score (nSPS) is 29.0. The number of piperidine rings is 1. The summed E-state index contributed by atoms with van der Waals surface area (Å²) < 4.78 is 0. The van der Waals surface area contributed by atoms with E-state index in [2.05, 4.69) is 19.2 Å². The molecule has 2 amide bonds. The number of urea groups is 1. The smallest absolute Gasteiger partial charge is 0.317 e. The number of carbonyl (C=O) groups excluding carboxylic acids is 1. The second-order valence-electron chi connectivity index (χ2n) is 7.29. The molecule has 2 rings (SSSR count). The highest BCUT2D eigenvalue weighted by molar-refractivity contribution is 5.75. The Morgan fingerprint density at radius 3 is 2.67 bits per heavy atom. The molecule has 1 heterocycles. The number of carboxylic acid groups (broad SMARTS) is 1. The third-order valence-electron chi connectivity index (χ3n) is 5.07. The maximum absolute atomic E-state index is 12.5. The van der Waals surface area contributed by atoms with Crippen molar-refractivity contribution in [2.45, 2.75) is 64.8 Å². The molecule has 0 aromatic rings. The zero-order chi connectivity index (χ0) is 15.5. The molecule has 0 aromatic carbocycles. The van der Waals surface area contributed by atoms with Gasteiger partial charge in [-0.25, -0.2) is 4.79 Å². The maximum atomic E-state index is 12.5. The predicted molar refractivity (Wildman–Crippen MR) is 81.1 cm³/mol. The van der Waals surface area contributed by atoms with Gasteiger partial charge in [0, 0.05) is 25.6 Å². The van der Waals surface area contributed by atoms with Crippen LogP contribution in [0.4, 0.5) is 4.79 Å². The van der Waals surface area contributed by atoms with E-state index in [9.17, 15) is 9.59 Å². The van der Waals surface area contributed by atoms with Crippen molar-refractivity contribution in [2.75, 3.05) is 13.1 Å². The quantitative estimate of drug-likeness (QED) is 0.841. The van der Waals surface area contributed by atoms with Gasteiger partial charge in [0.05, 0.1) is 0 Å². The molecule has 21 heavy (non-hydrogen) atoms. The molecule has 5 nitrogen and oxygen atoms in total. The average Bonchev–Trinajstić information content (AvgIpc) is 2.40. The van der Waals surface area contributed by atoms with Gasteiger partial charge in [-0.1, -0.05) is 26.7 Å². The molecular weight excluding hydrogens is 268 g/mol. The molecule has 1 aliphatic carbocycles. The van der Waals surface area contributed by atoms with Crippen LogP contribution in [0.2, 0.25) is 0 Å². The number of carboxylic acids is 1. The molecule has 1 saturated carbocycles. The van der Waals surface area contributed by atoms with Gasteiger partial charge in [-0.2, -0.15) is 0 Å². The number of aliphatic carboxylic acids is 1. The van der Waals surface area contributed by atoms with Gasteiger partial charge in [0.25, 0.3) is 0 Å². The molecular formula is C16H28N2O3. The molecule has 1 aliphatic heterocycles. The number of rotatable bonds is 3. The Morgan fingerprint density at radius 1 is 1.24 bits per heavy atom. The van der Waals surface area contributed by atoms with Crippen molar-refractivity contribution in [2.24, 2.45) is 11.3 Å². The first-order chi connectivity index (χ1) is 9.88. The van der Waals surface area contributed by atoms with E-state index in [0.29, 0.717) is 6.54 Å². The lowest BCUT2D eigenvalue weighted by Crippen LogP contribution is -2.53. The third-order valence-corrected chi connectivity index (χ3v) is 5.07. The van der Waals surface area contributed by atoms with Crippen LogP contribution in [0.3, 0.4) is 0 Å². The van der Waals surface area contributed by atoms with Gasteiger partial charge < -0.3 is 15.3 Å². The van der Waals surface area contributed by atoms with Gasteiger partial charge in [0.15, 0.2) is 0 Å². The van der Waals surface area contributed by atoms with E-state index in [1.165, 1.54) is 12.8 Å². The standard InChI is InChI=1S/C16H28N2O3/c1-16(2)8-4-3-7-13(16)17-15(21)18-9-5-6-12(11-18)10-14(19)20/h12-13H,3-11H2,1-2H3,(H,17,21)(H,19,20). The summed E-state index contributed by atoms with van der Waals surface area (Å²) in [6, 6.07) is 0.226. The molecule has 2 unspecified atom stereocenters. The van der Waals surface area contributed by atoms with Crippen LogP contribution in [0, 0.1) is 11.3 Å². The van der Waals surface area contributed by atoms with Crippen LogP contribution in [-0.4, -0.2) is 41.1 Å². The molecule has 2 fully saturated rings. The predicted octanol–water partition coefficient (Wildman–Crippen LogP) is 2.85. The van der Waals surface area contributed by atoms with Gasteiger partial charge in [0.2, 0.25) is 0 Å². The van der Waals surface area contributed by atoms with Crippen LogP contribution < -0.4 is 5.32 Å². The lowest BCUT2D eigenvalue weighted by atomic mass is 9.73. The molecule has 2 aliphatic rings. The molecule has 2 atom stereocenters. The first-order valence-electron chi connectivity index (χ1n) is 8.16. The summed E-state index contributed by atoms with van der Waals surface area (Å²) in [5.74, 6) is -0.669. The third kappa shape index (κ3) is 4.35. The van der Waals surface area contributed by atoms with Crippen LogP contribution in [0.15, 0.2) is 0 Å². The Bertz CT molecular complexity index is 395. The first-order valence-corrected chi connectivity index (χ1v) is 8.16. The van der Waals surface area contributed by atoms with E-state index < -0.39 is 5.97 Å². The van der Waals surface area contributed by atoms with E-state index >= 15 is 0 Å². The van der Waals surface area contributed by atoms with Crippen molar-refractivity contribution >= 4 is 12.0 Å². The zero-order valence-corrected chi connectivity index (χ0v) is 13.2. The molecule has 2 N–H and O–H groups in total. The van der Waals surface area contributed by atoms with Crippen LogP contribution in [0.5, 0.6) is 0 Å². The van der Waals surface area contributed by atoms with Crippen LogP contribution >= 0.6 is 0 Å². The van der Waals surface area contributed by atoms with Crippen molar-refractivity contribution in [1.82, 2.24) is 10.2 Å². The number of hydrogen-bond acceptors (Lipinski definition) is 2. The maximum Gasteiger partial charge on any atom is 0.317 e. The second-order valence-corrected chi connectivity index (χ2v) is 7.29. The summed E-state index contributed by atoms with van der Waals surface area (Å²) in [5, 5.41) is 12.1. The first kappa shape index (κ1) is 16.1. The summed E-state index contributed by atoms with van der Waals surface area (Å²) in [7, 11) is 0. The van der Waals surface area contributed by atoms with Gasteiger partial charge in [-0.3, -0.25) is 4.79 Å². The Kier molecular flexibility index (Phi) is 5.12. The lowest BCUT2D eigenvalue weighted by Gasteiger charge is -2.41. The van der Waals surface area contributed by atoms with E-state index in [-0.39, 0.29) is 29.8 Å². The fourth-order valence-corrected chi connectivity index (χ4v) is 3.67. The fraction of sp³-hybridized carbons (Fsp3) is 0.875. The molecule has 0 aromatic heterocycles. The van der Waals surface area contributed by atoms with Crippen LogP contribution in [0.25, 0.3) is 0 Å². The molecule has 5 heteroatoms. The lowest BCUT2D eigenvalue weighted by molar-refractivity contribution is -0.138. The molecule has 120 valence electrons. The summed E-state index contributed by atoms with van der Waals surface area (Å²) in [4.78, 5) is 25.1. The van der Waals surface area contributed by atoms with E-state index in [1.54, 1.807) is 0 Å². The molecule has 1 saturated heterocycles. The van der Waals surface area contributed by atoms with Crippen molar-refractivity contribution in [1.29, 1.82) is 0 Å². The van der Waals surface area contributed by atoms with Gasteiger partial charge in [-0.05, 0) is 37.0 Å². The Hall–Kier alpha value is -1.26. The number of hydrogen-bond donors (Lipinski definition) is 2. The average molecular weight is 296 g/mol. The van der Waals surface area contributed by atoms with Crippen molar-refractivity contribution in [3.05, 3.63) is 0 Å². The molecule has 0 bridgehead atoms. The molecule has 0 spiro atoms. The Balaban J connectivity index is 1.88. The summed E-state index contributed by atoms with van der Waals surface area (Å²) >= 11 is 0. The fourth-order valence-electron chi connectivity index (χ4n) is 3.67. The highest BCUT2D eigenvalue weighted by atomic mass is 16.4. The monoisotopic (exact) mass is 296 g/mol. The number of likely N-dealkylation sites (tertiary alicyclic amines) is 1. The van der Waals surface area contributed by atoms with Gasteiger partial charge in [-0.15, -0.1) is 0 Å². The number of carbonyl (C=O) groups is 2. The SMILES string of the molecule is CC1(C)CCCCC1NC(=O)N1CCCC(CC(=O)O)C1. The number of nitrogens with one attached hydrogen (secondary N) is 1. The van der Waals surface area contributed by atoms with Crippen molar-refractivity contribution in [3.63, 3.8) is 0 Å². The zero-order valence-electron chi connectivity index (χ0n) is 13.2. The summed E-state index contributed by atoms with van der Waals surface area (Å²) in [6.07, 6.45) is 6.59. The summed E-state index contributed by atoms with van der Waals surface area (Å²) in [6.45, 7) is 5.77. The number of amides is 2. The van der Waals surface area contributed by atoms with E-state index in [1.807, 2.05) is 4.90 Å². The van der Waals surface area contributed by atoms with Gasteiger partial charge in [0.1, 0.15) is 0 Å². The van der Waals surface area contributed by atoms with Crippen LogP contribution in [0.1, 0.15) is 58.8 Å². The minimum Gasteiger partial charge on any atom is -0.481 e. The minimum absolute atomic E-state index is 0.00920. The van der Waals surface area contributed by atoms with Crippen molar-refractivity contribution < 1.29 is 14.7 Å². The topological polar surface area (TPSA) is 69.6 Å². The van der Waals surface area contributed by atoms with E-state index in [0.717, 1.165) is 32.2 Å². The van der Waals surface area contributed by atoms with Crippen LogP contribution in [-0.2, 0) is 4.79 Å². The van der Waals surface area contributed by atoms with Crippen molar-refractivity contribution in [3.8, 4) is 0 Å². The minimum atomic E-state index is -0.768. The highest BCUT2D eigenvalue weighted by Gasteiger charge is 2.35. The Labute approximate surface area is 127 Å². The summed E-state index contributed by atoms with van der Waals surface area (Å²) in [5.41, 5.74) is 0.157. The van der Waals surface area contributed by atoms with Gasteiger partial charge >= 0.3 is 12.0 Å². The second kappa shape index (κ2) is 6.67. The largest absolute Gasteiger partial charge is 0.481 e. The highest BCUT2D eigenvalue weighted by Crippen LogP contribution is 2.35. The van der Waals surface area contributed by atoms with E-state index in [4.69, 9.17) is 5.11 Å².